The number of aliphatic hydroxyl groups excluding tert-OH is 6. The Balaban J connectivity index is 1.86. The van der Waals surface area contributed by atoms with E-state index in [2.05, 4.69) is 15.4 Å². The molecule has 11 atom stereocenters. The smallest absolute Gasteiger partial charge is 0.364 e. The Morgan fingerprint density at radius 3 is 2.12 bits per heavy atom. The lowest BCUT2D eigenvalue weighted by atomic mass is 9.89. The summed E-state index contributed by atoms with van der Waals surface area (Å²) >= 11 is 0. The van der Waals surface area contributed by atoms with Gasteiger partial charge in [0, 0.05) is 31.7 Å². The van der Waals surface area contributed by atoms with Crippen LogP contribution >= 0.6 is 0 Å². The second-order valence-corrected chi connectivity index (χ2v) is 14.1. The summed E-state index contributed by atoms with van der Waals surface area (Å²) in [5.41, 5.74) is -0.0922. The second-order valence-electron chi connectivity index (χ2n) is 14.1. The number of carbonyl (C=O) groups is 4. The number of phenolic OH excluding ortho intramolecular Hbond substituents is 1. The zero-order valence-electron chi connectivity index (χ0n) is 33.4. The molecular formula is C37H58N2O20. The number of phenols is 1. The van der Waals surface area contributed by atoms with E-state index in [4.69, 9.17) is 33.2 Å². The first-order valence-electron chi connectivity index (χ1n) is 19.1. The Kier molecular flexibility index (Phi) is 19.9. The highest BCUT2D eigenvalue weighted by Crippen LogP contribution is 2.39. The lowest BCUT2D eigenvalue weighted by Gasteiger charge is -2.49. The highest BCUT2D eigenvalue weighted by Gasteiger charge is 2.58. The van der Waals surface area contributed by atoms with Crippen molar-refractivity contribution in [3.05, 3.63) is 17.7 Å². The van der Waals surface area contributed by atoms with Crippen molar-refractivity contribution >= 4 is 23.8 Å². The quantitative estimate of drug-likeness (QED) is 0.0317. The molecule has 0 bridgehead atoms. The van der Waals surface area contributed by atoms with E-state index in [-0.39, 0.29) is 35.4 Å². The van der Waals surface area contributed by atoms with Crippen LogP contribution in [0.1, 0.15) is 75.1 Å². The molecule has 2 aliphatic heterocycles. The molecule has 0 radical (unpaired) electrons. The van der Waals surface area contributed by atoms with Crippen LogP contribution in [0, 0.1) is 0 Å². The van der Waals surface area contributed by atoms with Gasteiger partial charge in [0.05, 0.1) is 65.5 Å². The maximum atomic E-state index is 13.5. The Bertz CT molecular complexity index is 1490. The molecular weight excluding hydrogens is 792 g/mol. The van der Waals surface area contributed by atoms with E-state index in [1.165, 1.54) is 33.5 Å². The Morgan fingerprint density at radius 1 is 0.932 bits per heavy atom. The third kappa shape index (κ3) is 13.8. The second kappa shape index (κ2) is 23.7. The number of aliphatic carboxylic acids is 1. The fourth-order valence-corrected chi connectivity index (χ4v) is 6.59. The largest absolute Gasteiger partial charge is 0.502 e. The zero-order chi connectivity index (χ0) is 43.9. The molecule has 1 aromatic carbocycles. The number of carboxylic acids is 1. The maximum absolute atomic E-state index is 13.5. The van der Waals surface area contributed by atoms with Crippen LogP contribution in [0.5, 0.6) is 17.2 Å². The molecule has 0 aromatic heterocycles. The highest BCUT2D eigenvalue weighted by atomic mass is 16.8. The van der Waals surface area contributed by atoms with Gasteiger partial charge in [0.2, 0.25) is 18.1 Å². The molecule has 2 heterocycles. The number of ether oxygens (including phenoxy) is 8. The summed E-state index contributed by atoms with van der Waals surface area (Å²) in [4.78, 5) is 49.6. The summed E-state index contributed by atoms with van der Waals surface area (Å²) in [6, 6.07) is 1.12. The normalized spacial score (nSPS) is 27.9. The molecule has 0 aliphatic carbocycles. The fourth-order valence-electron chi connectivity index (χ4n) is 6.59. The average molecular weight is 851 g/mol. The number of hydrogen-bond donors (Lipinski definition) is 10. The van der Waals surface area contributed by atoms with Crippen molar-refractivity contribution in [3.63, 3.8) is 0 Å². The number of methoxy groups -OCH3 is 3. The van der Waals surface area contributed by atoms with Crippen molar-refractivity contribution in [2.24, 2.45) is 0 Å². The SMILES string of the molecule is COC(=O)CCCCCCCCO[C@@H](NC(=O)c1cc(OC)c(O)c(OC)c1)OC1O[C@@H](CO)C(O)C(OC2(C(=O)O)C[C@@H](O)C(NC(C)=O)C(CC(O)CO)O2)C1O. The number of unbranched alkanes of at least 4 members (excludes halogenated alkanes) is 5. The molecule has 22 heteroatoms. The van der Waals surface area contributed by atoms with Crippen LogP contribution in [-0.2, 0) is 42.8 Å². The van der Waals surface area contributed by atoms with Gasteiger partial charge in [0.1, 0.15) is 24.4 Å². The molecule has 8 unspecified atom stereocenters. The van der Waals surface area contributed by atoms with E-state index in [1.807, 2.05) is 0 Å². The van der Waals surface area contributed by atoms with Gasteiger partial charge in [-0.15, -0.1) is 0 Å². The number of aliphatic hydroxyl groups is 6. The Labute approximate surface area is 340 Å². The van der Waals surface area contributed by atoms with Gasteiger partial charge in [0.15, 0.2) is 17.8 Å². The molecule has 3 rings (SSSR count). The van der Waals surface area contributed by atoms with Crippen molar-refractivity contribution in [1.29, 1.82) is 0 Å². The summed E-state index contributed by atoms with van der Waals surface area (Å²) < 4.78 is 43.8. The van der Waals surface area contributed by atoms with Gasteiger partial charge in [-0.3, -0.25) is 14.4 Å². The summed E-state index contributed by atoms with van der Waals surface area (Å²) in [7, 11) is 3.83. The monoisotopic (exact) mass is 850 g/mol. The van der Waals surface area contributed by atoms with E-state index < -0.39 is 111 Å². The first-order chi connectivity index (χ1) is 28.0. The van der Waals surface area contributed by atoms with Crippen LogP contribution in [0.3, 0.4) is 0 Å². The van der Waals surface area contributed by atoms with E-state index in [9.17, 15) is 60.0 Å². The van der Waals surface area contributed by atoms with Gasteiger partial charge < -0.3 is 89.4 Å². The number of hydrogen-bond acceptors (Lipinski definition) is 19. The molecule has 2 fully saturated rings. The van der Waals surface area contributed by atoms with Crippen molar-refractivity contribution in [2.45, 2.75) is 132 Å². The minimum absolute atomic E-state index is 0.0193. The van der Waals surface area contributed by atoms with Crippen molar-refractivity contribution < 1.29 is 97.9 Å². The number of carboxylic acid groups (broad SMARTS) is 1. The molecule has 2 aliphatic rings. The first kappa shape index (κ1) is 49.4. The summed E-state index contributed by atoms with van der Waals surface area (Å²) in [6.07, 6.45) is -12.9. The molecule has 10 N–H and O–H groups in total. The number of nitrogens with one attached hydrogen (secondary N) is 2. The van der Waals surface area contributed by atoms with Crippen LogP contribution in [0.2, 0.25) is 0 Å². The first-order valence-corrected chi connectivity index (χ1v) is 19.1. The fraction of sp³-hybridized carbons (Fsp3) is 0.730. The Hall–Kier alpha value is -3.94. The van der Waals surface area contributed by atoms with Gasteiger partial charge in [-0.05, 0) is 25.0 Å². The number of rotatable bonds is 24. The van der Waals surface area contributed by atoms with Gasteiger partial charge in [-0.2, -0.15) is 0 Å². The minimum Gasteiger partial charge on any atom is -0.502 e. The summed E-state index contributed by atoms with van der Waals surface area (Å²) in [5, 5.41) is 89.1. The van der Waals surface area contributed by atoms with E-state index in [0.717, 1.165) is 26.2 Å². The molecule has 22 nitrogen and oxygen atoms in total. The molecule has 0 spiro atoms. The van der Waals surface area contributed by atoms with E-state index >= 15 is 0 Å². The zero-order valence-corrected chi connectivity index (χ0v) is 33.4. The van der Waals surface area contributed by atoms with Crippen molar-refractivity contribution in [3.8, 4) is 17.2 Å². The molecule has 2 saturated heterocycles. The summed E-state index contributed by atoms with van der Waals surface area (Å²) in [6.45, 7) is -0.599. The van der Waals surface area contributed by atoms with Crippen LogP contribution in [0.4, 0.5) is 0 Å². The number of carbonyl (C=O) groups excluding carboxylic acids is 3. The minimum atomic E-state index is -2.86. The molecule has 1 aromatic rings. The predicted molar refractivity (Wildman–Crippen MR) is 198 cm³/mol. The maximum Gasteiger partial charge on any atom is 0.364 e. The van der Waals surface area contributed by atoms with E-state index in [1.54, 1.807) is 0 Å². The van der Waals surface area contributed by atoms with Gasteiger partial charge in [-0.25, -0.2) is 4.79 Å². The van der Waals surface area contributed by atoms with Gasteiger partial charge in [-0.1, -0.05) is 25.7 Å². The number of aromatic hydroxyl groups is 1. The van der Waals surface area contributed by atoms with Crippen molar-refractivity contribution in [1.82, 2.24) is 10.6 Å². The van der Waals surface area contributed by atoms with Gasteiger partial charge in [0.25, 0.3) is 11.7 Å². The number of benzene rings is 1. The number of amides is 2. The van der Waals surface area contributed by atoms with E-state index in [0.29, 0.717) is 25.7 Å². The molecule has 0 saturated carbocycles. The standard InChI is InChI=1S/C37H58N2O20/c1-19(42)38-28-22(44)16-37(35(50)51,58-23(28)15-21(43)17-40)59-32-30(47)26(18-41)56-34(31(32)48)57-36(55-12-10-8-6-5-7-9-11-27(45)54-4)39-33(49)20-13-24(52-2)29(46)25(14-20)53-3/h13-14,21-23,26,28,30-32,34,36,40-41,43-44,46-48H,5-12,15-18H2,1-4H3,(H,38,42)(H,39,49)(H,50,51)/t21?,22-,23?,26+,28?,30?,31?,32?,34?,36-,37?/m1/s1. The third-order valence-corrected chi connectivity index (χ3v) is 9.71. The lowest BCUT2D eigenvalue weighted by Crippen LogP contribution is -2.68. The average Bonchev–Trinajstić information content (AvgIpc) is 3.20. The molecule has 336 valence electrons. The lowest BCUT2D eigenvalue weighted by molar-refractivity contribution is -0.379. The Morgan fingerprint density at radius 2 is 1.56 bits per heavy atom. The molecule has 2 amide bonds. The third-order valence-electron chi connectivity index (χ3n) is 9.71. The number of esters is 1. The van der Waals surface area contributed by atoms with Crippen LogP contribution in [0.25, 0.3) is 0 Å². The highest BCUT2D eigenvalue weighted by molar-refractivity contribution is 5.95. The van der Waals surface area contributed by atoms with Crippen LogP contribution in [-0.4, -0.2) is 173 Å². The van der Waals surface area contributed by atoms with Crippen molar-refractivity contribution in [2.75, 3.05) is 41.2 Å². The van der Waals surface area contributed by atoms with Crippen LogP contribution in [0.15, 0.2) is 12.1 Å². The van der Waals surface area contributed by atoms with Gasteiger partial charge >= 0.3 is 11.9 Å². The van der Waals surface area contributed by atoms with Crippen LogP contribution < -0.4 is 20.1 Å². The topological polar surface area (TPSA) is 328 Å². The summed E-state index contributed by atoms with van der Waals surface area (Å²) in [5.74, 6) is -7.07. The molecule has 59 heavy (non-hydrogen) atoms. The predicted octanol–water partition coefficient (Wildman–Crippen LogP) is -1.64.